The Hall–Kier alpha value is -3.38. The third kappa shape index (κ3) is 5.08. The second kappa shape index (κ2) is 9.83. The maximum absolute atomic E-state index is 14.4. The van der Waals surface area contributed by atoms with E-state index in [-0.39, 0.29) is 17.4 Å². The molecule has 0 spiro atoms. The number of benzene rings is 1. The minimum Gasteiger partial charge on any atom is -0.381 e. The first-order valence-electron chi connectivity index (χ1n) is 10.1. The molecule has 32 heavy (non-hydrogen) atoms. The van der Waals surface area contributed by atoms with E-state index in [1.54, 1.807) is 6.92 Å². The van der Waals surface area contributed by atoms with E-state index in [1.165, 1.54) is 23.6 Å². The van der Waals surface area contributed by atoms with Crippen molar-refractivity contribution < 1.29 is 9.50 Å². The Morgan fingerprint density at radius 2 is 2.03 bits per heavy atom. The first-order chi connectivity index (χ1) is 15.5. The molecule has 1 aromatic carbocycles. The number of nitrogens with zero attached hydrogens (tertiary/aromatic N) is 3. The summed E-state index contributed by atoms with van der Waals surface area (Å²) in [6, 6.07) is 11.4. The Morgan fingerprint density at radius 1 is 1.22 bits per heavy atom. The minimum atomic E-state index is -0.766. The van der Waals surface area contributed by atoms with Gasteiger partial charge in [0, 0.05) is 24.2 Å². The number of halogens is 1. The van der Waals surface area contributed by atoms with Crippen molar-refractivity contribution in [2.75, 3.05) is 11.9 Å². The molecule has 4 rings (SSSR count). The standard InChI is InChI=1S/C24H22FN5OS/c1-15(31)7-8-17-14-32-22-21(17)29-23(19-9-10-27-13-20(19)25)30-24(22)28-12-18(26)11-16-5-3-2-4-6-16/h2-6,9-10,13-15,18,31H,11-12,26H2,1H3,(H,28,29,30). The van der Waals surface area contributed by atoms with E-state index in [9.17, 15) is 9.50 Å². The summed E-state index contributed by atoms with van der Waals surface area (Å²) >= 11 is 1.44. The zero-order chi connectivity index (χ0) is 22.5. The lowest BCUT2D eigenvalue weighted by Crippen LogP contribution is -2.31. The van der Waals surface area contributed by atoms with Gasteiger partial charge in [0.2, 0.25) is 0 Å². The summed E-state index contributed by atoms with van der Waals surface area (Å²) in [7, 11) is 0. The van der Waals surface area contributed by atoms with Crippen LogP contribution in [0.25, 0.3) is 21.6 Å². The summed E-state index contributed by atoms with van der Waals surface area (Å²) in [5, 5.41) is 14.7. The quantitative estimate of drug-likeness (QED) is 0.391. The van der Waals surface area contributed by atoms with Crippen LogP contribution in [-0.2, 0) is 6.42 Å². The van der Waals surface area contributed by atoms with Crippen LogP contribution < -0.4 is 11.1 Å². The van der Waals surface area contributed by atoms with Crippen LogP contribution in [0.5, 0.6) is 0 Å². The van der Waals surface area contributed by atoms with E-state index < -0.39 is 11.9 Å². The van der Waals surface area contributed by atoms with Gasteiger partial charge in [0.1, 0.15) is 17.4 Å². The number of aliphatic hydroxyl groups is 1. The Morgan fingerprint density at radius 3 is 2.78 bits per heavy atom. The second-order valence-corrected chi connectivity index (χ2v) is 8.23. The minimum absolute atomic E-state index is 0.141. The van der Waals surface area contributed by atoms with Gasteiger partial charge in [-0.3, -0.25) is 4.98 Å². The molecule has 0 aliphatic heterocycles. The van der Waals surface area contributed by atoms with Crippen LogP contribution in [0.3, 0.4) is 0 Å². The van der Waals surface area contributed by atoms with Gasteiger partial charge in [0.15, 0.2) is 11.6 Å². The molecule has 8 heteroatoms. The van der Waals surface area contributed by atoms with Gasteiger partial charge in [0.05, 0.1) is 22.0 Å². The zero-order valence-electron chi connectivity index (χ0n) is 17.4. The molecule has 0 saturated heterocycles. The average Bonchev–Trinajstić information content (AvgIpc) is 3.20. The van der Waals surface area contributed by atoms with Crippen LogP contribution in [0.2, 0.25) is 0 Å². The van der Waals surface area contributed by atoms with Crippen LogP contribution in [-0.4, -0.2) is 38.7 Å². The van der Waals surface area contributed by atoms with Crippen molar-refractivity contribution in [2.24, 2.45) is 5.73 Å². The number of thiophene rings is 1. The van der Waals surface area contributed by atoms with Crippen molar-refractivity contribution in [3.05, 3.63) is 71.1 Å². The van der Waals surface area contributed by atoms with Crippen molar-refractivity contribution in [2.45, 2.75) is 25.5 Å². The summed E-state index contributed by atoms with van der Waals surface area (Å²) in [5.74, 6) is 5.97. The number of nitrogens with one attached hydrogen (secondary N) is 1. The fourth-order valence-electron chi connectivity index (χ4n) is 3.20. The van der Waals surface area contributed by atoms with Crippen molar-refractivity contribution >= 4 is 27.4 Å². The number of fused-ring (bicyclic) bond motifs is 1. The molecule has 4 aromatic rings. The van der Waals surface area contributed by atoms with E-state index in [1.807, 2.05) is 35.7 Å². The van der Waals surface area contributed by atoms with Gasteiger partial charge in [-0.05, 0) is 25.0 Å². The third-order valence-corrected chi connectivity index (χ3v) is 5.69. The monoisotopic (exact) mass is 447 g/mol. The predicted octanol–water partition coefficient (Wildman–Crippen LogP) is 3.61. The molecule has 2 atom stereocenters. The van der Waals surface area contributed by atoms with E-state index in [2.05, 4.69) is 32.1 Å². The molecular formula is C24H22FN5OS. The first kappa shape index (κ1) is 21.8. The number of rotatable bonds is 6. The fourth-order valence-corrected chi connectivity index (χ4v) is 4.11. The summed E-state index contributed by atoms with van der Waals surface area (Å²) < 4.78 is 15.2. The SMILES string of the molecule is CC(O)C#Cc1csc2c(NCC(N)Cc3ccccc3)nc(-c3ccncc3F)nc12. The van der Waals surface area contributed by atoms with Gasteiger partial charge >= 0.3 is 0 Å². The number of nitrogens with two attached hydrogens (primary N) is 1. The number of hydrogen-bond donors (Lipinski definition) is 3. The van der Waals surface area contributed by atoms with Crippen molar-refractivity contribution in [3.63, 3.8) is 0 Å². The lowest BCUT2D eigenvalue weighted by atomic mass is 10.1. The summed E-state index contributed by atoms with van der Waals surface area (Å²) in [4.78, 5) is 13.0. The van der Waals surface area contributed by atoms with Crippen LogP contribution >= 0.6 is 11.3 Å². The summed E-state index contributed by atoms with van der Waals surface area (Å²) in [6.07, 6.45) is 2.57. The largest absolute Gasteiger partial charge is 0.381 e. The highest BCUT2D eigenvalue weighted by atomic mass is 32.1. The normalized spacial score (nSPS) is 12.8. The van der Waals surface area contributed by atoms with E-state index in [4.69, 9.17) is 5.73 Å². The molecule has 3 heterocycles. The molecule has 0 bridgehead atoms. The van der Waals surface area contributed by atoms with Gasteiger partial charge in [-0.15, -0.1) is 11.3 Å². The van der Waals surface area contributed by atoms with E-state index in [0.717, 1.165) is 16.5 Å². The summed E-state index contributed by atoms with van der Waals surface area (Å²) in [5.41, 5.74) is 8.99. The average molecular weight is 448 g/mol. The number of aliphatic hydroxyl groups excluding tert-OH is 1. The molecule has 0 aliphatic rings. The lowest BCUT2D eigenvalue weighted by molar-refractivity contribution is 0.253. The number of hydrogen-bond acceptors (Lipinski definition) is 7. The Labute approximate surface area is 189 Å². The molecule has 3 aromatic heterocycles. The fraction of sp³-hybridized carbons (Fsp3) is 0.208. The Kier molecular flexibility index (Phi) is 6.71. The Bertz CT molecular complexity index is 1280. The highest BCUT2D eigenvalue weighted by molar-refractivity contribution is 7.18. The molecule has 162 valence electrons. The smallest absolute Gasteiger partial charge is 0.165 e. The Balaban J connectivity index is 1.69. The van der Waals surface area contributed by atoms with Crippen molar-refractivity contribution in [3.8, 4) is 23.2 Å². The van der Waals surface area contributed by atoms with Crippen LogP contribution in [0.4, 0.5) is 10.2 Å². The topological polar surface area (TPSA) is 97.0 Å². The van der Waals surface area contributed by atoms with E-state index in [0.29, 0.717) is 29.9 Å². The highest BCUT2D eigenvalue weighted by Gasteiger charge is 2.17. The molecule has 2 unspecified atom stereocenters. The summed E-state index contributed by atoms with van der Waals surface area (Å²) in [6.45, 7) is 2.07. The number of aromatic nitrogens is 3. The van der Waals surface area contributed by atoms with Gasteiger partial charge in [-0.25, -0.2) is 14.4 Å². The van der Waals surface area contributed by atoms with Gasteiger partial charge in [-0.2, -0.15) is 0 Å². The molecule has 0 saturated carbocycles. The molecule has 0 fully saturated rings. The van der Waals surface area contributed by atoms with Gasteiger partial charge in [0.25, 0.3) is 0 Å². The van der Waals surface area contributed by atoms with Crippen molar-refractivity contribution in [1.82, 2.24) is 15.0 Å². The highest BCUT2D eigenvalue weighted by Crippen LogP contribution is 2.32. The van der Waals surface area contributed by atoms with E-state index >= 15 is 0 Å². The van der Waals surface area contributed by atoms with Crippen LogP contribution in [0, 0.1) is 17.7 Å². The van der Waals surface area contributed by atoms with Crippen LogP contribution in [0.1, 0.15) is 18.1 Å². The van der Waals surface area contributed by atoms with Gasteiger partial charge in [-0.1, -0.05) is 42.2 Å². The van der Waals surface area contributed by atoms with Crippen LogP contribution in [0.15, 0.2) is 54.2 Å². The zero-order valence-corrected chi connectivity index (χ0v) is 18.2. The first-order valence-corrected chi connectivity index (χ1v) is 11.0. The number of pyridine rings is 1. The molecule has 0 radical (unpaired) electrons. The molecule has 0 amide bonds. The molecule has 4 N–H and O–H groups in total. The molecule has 0 aliphatic carbocycles. The lowest BCUT2D eigenvalue weighted by Gasteiger charge is -2.14. The van der Waals surface area contributed by atoms with Gasteiger partial charge < -0.3 is 16.2 Å². The molecular weight excluding hydrogens is 425 g/mol. The second-order valence-electron chi connectivity index (χ2n) is 7.35. The predicted molar refractivity (Wildman–Crippen MR) is 126 cm³/mol. The maximum Gasteiger partial charge on any atom is 0.165 e. The maximum atomic E-state index is 14.4. The third-order valence-electron chi connectivity index (χ3n) is 4.72. The molecule has 6 nitrogen and oxygen atoms in total. The van der Waals surface area contributed by atoms with Crippen molar-refractivity contribution in [1.29, 1.82) is 0 Å². The number of anilines is 1.